The van der Waals surface area contributed by atoms with Crippen LogP contribution in [0.4, 0.5) is 5.82 Å². The van der Waals surface area contributed by atoms with Crippen molar-refractivity contribution in [2.75, 3.05) is 38.2 Å². The van der Waals surface area contributed by atoms with Crippen LogP contribution < -0.4 is 5.32 Å². The maximum absolute atomic E-state index is 5.55. The van der Waals surface area contributed by atoms with Crippen molar-refractivity contribution < 1.29 is 4.74 Å². The van der Waals surface area contributed by atoms with Gasteiger partial charge in [0.15, 0.2) is 5.82 Å². The average Bonchev–Trinajstić information content (AvgIpc) is 3.16. The van der Waals surface area contributed by atoms with Gasteiger partial charge >= 0.3 is 0 Å². The summed E-state index contributed by atoms with van der Waals surface area (Å²) in [7, 11) is 0. The van der Waals surface area contributed by atoms with Crippen LogP contribution in [0.2, 0.25) is 0 Å². The molecule has 1 aliphatic carbocycles. The molecule has 1 N–H and O–H groups in total. The lowest BCUT2D eigenvalue weighted by molar-refractivity contribution is -0.00569. The Morgan fingerprint density at radius 2 is 2.10 bits per heavy atom. The summed E-state index contributed by atoms with van der Waals surface area (Å²) >= 11 is 1.85. The third kappa shape index (κ3) is 4.19. The summed E-state index contributed by atoms with van der Waals surface area (Å²) in [5.74, 6) is 2.46. The highest BCUT2D eigenvalue weighted by atomic mass is 32.1. The predicted molar refractivity (Wildman–Crippen MR) is 127 cm³/mol. The number of anilines is 1. The first kappa shape index (κ1) is 20.8. The molecule has 0 unspecified atom stereocenters. The molecule has 0 spiro atoms. The minimum atomic E-state index is 0.0140. The minimum Gasteiger partial charge on any atom is -0.379 e. The largest absolute Gasteiger partial charge is 0.379 e. The van der Waals surface area contributed by atoms with E-state index in [-0.39, 0.29) is 5.54 Å². The van der Waals surface area contributed by atoms with Gasteiger partial charge in [-0.05, 0) is 56.7 Å². The van der Waals surface area contributed by atoms with E-state index in [4.69, 9.17) is 14.7 Å². The van der Waals surface area contributed by atoms with E-state index < -0.39 is 0 Å². The maximum Gasteiger partial charge on any atom is 0.164 e. The van der Waals surface area contributed by atoms with Gasteiger partial charge in [0, 0.05) is 48.0 Å². The molecule has 5 rings (SSSR count). The van der Waals surface area contributed by atoms with Crippen LogP contribution in [0.25, 0.3) is 21.6 Å². The third-order valence-corrected chi connectivity index (χ3v) is 7.78. The van der Waals surface area contributed by atoms with Crippen LogP contribution in [0.15, 0.2) is 24.5 Å². The standard InChI is InChI=1S/C24H31N5OS/c1-16-6-7-18-19(13-16)31-23-20(18)22(27-21(28-23)17-5-4-8-25-14-17)26-15-24(2,3)29-9-11-30-12-10-29/h4-5,8,14,16H,6-7,9-13,15H2,1-3H3,(H,26,27,28)/t16-/m1/s1. The van der Waals surface area contributed by atoms with Crippen LogP contribution in [-0.4, -0.2) is 58.2 Å². The smallest absolute Gasteiger partial charge is 0.164 e. The van der Waals surface area contributed by atoms with Crippen molar-refractivity contribution in [2.45, 2.75) is 45.6 Å². The lowest BCUT2D eigenvalue weighted by atomic mass is 9.89. The first-order valence-corrected chi connectivity index (χ1v) is 12.1. The highest BCUT2D eigenvalue weighted by Gasteiger charge is 2.29. The maximum atomic E-state index is 5.55. The number of aromatic nitrogens is 3. The molecule has 0 radical (unpaired) electrons. The Morgan fingerprint density at radius 1 is 1.26 bits per heavy atom. The lowest BCUT2D eigenvalue weighted by Gasteiger charge is -2.41. The van der Waals surface area contributed by atoms with Gasteiger partial charge in [-0.3, -0.25) is 9.88 Å². The molecule has 1 fully saturated rings. The minimum absolute atomic E-state index is 0.0140. The highest BCUT2D eigenvalue weighted by molar-refractivity contribution is 7.19. The van der Waals surface area contributed by atoms with Gasteiger partial charge in [-0.15, -0.1) is 11.3 Å². The number of nitrogens with one attached hydrogen (secondary N) is 1. The fraction of sp³-hybridized carbons (Fsp3) is 0.542. The zero-order valence-electron chi connectivity index (χ0n) is 18.6. The van der Waals surface area contributed by atoms with E-state index in [2.05, 4.69) is 36.0 Å². The monoisotopic (exact) mass is 437 g/mol. The summed E-state index contributed by atoms with van der Waals surface area (Å²) in [4.78, 5) is 19.4. The molecule has 1 aliphatic heterocycles. The summed E-state index contributed by atoms with van der Waals surface area (Å²) in [5, 5.41) is 4.97. The molecule has 1 atom stereocenters. The predicted octanol–water partition coefficient (Wildman–Crippen LogP) is 4.40. The number of hydrogen-bond donors (Lipinski definition) is 1. The number of morpholine rings is 1. The summed E-state index contributed by atoms with van der Waals surface area (Å²) in [6, 6.07) is 3.98. The molecular formula is C24H31N5OS. The number of aryl methyl sites for hydroxylation is 1. The van der Waals surface area contributed by atoms with Gasteiger partial charge in [-0.1, -0.05) is 6.92 Å². The third-order valence-electron chi connectivity index (χ3n) is 6.63. The number of hydrogen-bond acceptors (Lipinski definition) is 7. The summed E-state index contributed by atoms with van der Waals surface area (Å²) in [5.41, 5.74) is 2.43. The van der Waals surface area contributed by atoms with Gasteiger partial charge in [0.1, 0.15) is 10.6 Å². The quantitative estimate of drug-likeness (QED) is 0.638. The van der Waals surface area contributed by atoms with Gasteiger partial charge in [0.25, 0.3) is 0 Å². The lowest BCUT2D eigenvalue weighted by Crippen LogP contribution is -2.53. The average molecular weight is 438 g/mol. The van der Waals surface area contributed by atoms with Crippen LogP contribution in [0, 0.1) is 5.92 Å². The summed E-state index contributed by atoms with van der Waals surface area (Å²) < 4.78 is 5.55. The molecule has 31 heavy (non-hydrogen) atoms. The normalized spacial score (nSPS) is 20.0. The van der Waals surface area contributed by atoms with E-state index >= 15 is 0 Å². The van der Waals surface area contributed by atoms with E-state index in [1.54, 1.807) is 6.20 Å². The van der Waals surface area contributed by atoms with Crippen molar-refractivity contribution in [1.29, 1.82) is 0 Å². The van der Waals surface area contributed by atoms with Gasteiger partial charge < -0.3 is 10.1 Å². The molecule has 1 saturated heterocycles. The second-order valence-corrected chi connectivity index (χ2v) is 10.5. The Kier molecular flexibility index (Phi) is 5.67. The Morgan fingerprint density at radius 3 is 2.87 bits per heavy atom. The van der Waals surface area contributed by atoms with Gasteiger partial charge in [-0.2, -0.15) is 0 Å². The van der Waals surface area contributed by atoms with Crippen molar-refractivity contribution in [2.24, 2.45) is 5.92 Å². The summed E-state index contributed by atoms with van der Waals surface area (Å²) in [6.45, 7) is 11.3. The fourth-order valence-corrected chi connectivity index (χ4v) is 6.06. The van der Waals surface area contributed by atoms with Gasteiger partial charge in [0.05, 0.1) is 18.6 Å². The van der Waals surface area contributed by atoms with Crippen LogP contribution in [0.1, 0.15) is 37.6 Å². The van der Waals surface area contributed by atoms with Crippen molar-refractivity contribution in [3.8, 4) is 11.4 Å². The number of pyridine rings is 1. The molecule has 3 aromatic rings. The number of nitrogens with zero attached hydrogens (tertiary/aromatic N) is 4. The van der Waals surface area contributed by atoms with Crippen LogP contribution >= 0.6 is 11.3 Å². The number of thiophene rings is 1. The molecule has 0 bridgehead atoms. The van der Waals surface area contributed by atoms with E-state index in [0.717, 1.165) is 73.6 Å². The molecule has 0 amide bonds. The van der Waals surface area contributed by atoms with Crippen molar-refractivity contribution in [1.82, 2.24) is 19.9 Å². The molecule has 7 heteroatoms. The molecule has 0 saturated carbocycles. The zero-order chi connectivity index (χ0) is 21.4. The first-order valence-electron chi connectivity index (χ1n) is 11.3. The number of ether oxygens (including phenoxy) is 1. The number of fused-ring (bicyclic) bond motifs is 3. The number of rotatable bonds is 5. The first-order chi connectivity index (χ1) is 15.0. The Hall–Kier alpha value is -2.09. The summed E-state index contributed by atoms with van der Waals surface area (Å²) in [6.07, 6.45) is 7.14. The fourth-order valence-electron chi connectivity index (χ4n) is 4.67. The van der Waals surface area contributed by atoms with Crippen LogP contribution in [-0.2, 0) is 17.6 Å². The highest BCUT2D eigenvalue weighted by Crippen LogP contribution is 2.41. The molecule has 4 heterocycles. The van der Waals surface area contributed by atoms with E-state index in [9.17, 15) is 0 Å². The Balaban J connectivity index is 1.53. The van der Waals surface area contributed by atoms with E-state index in [0.29, 0.717) is 0 Å². The van der Waals surface area contributed by atoms with Crippen molar-refractivity contribution >= 4 is 27.4 Å². The van der Waals surface area contributed by atoms with Crippen molar-refractivity contribution in [3.63, 3.8) is 0 Å². The molecule has 3 aromatic heterocycles. The van der Waals surface area contributed by atoms with Gasteiger partial charge in [0.2, 0.25) is 0 Å². The molecular weight excluding hydrogens is 406 g/mol. The topological polar surface area (TPSA) is 63.2 Å². The van der Waals surface area contributed by atoms with Crippen molar-refractivity contribution in [3.05, 3.63) is 35.0 Å². The van der Waals surface area contributed by atoms with Crippen LogP contribution in [0.3, 0.4) is 0 Å². The zero-order valence-corrected chi connectivity index (χ0v) is 19.5. The molecule has 164 valence electrons. The molecule has 6 nitrogen and oxygen atoms in total. The van der Waals surface area contributed by atoms with Gasteiger partial charge in [-0.25, -0.2) is 9.97 Å². The van der Waals surface area contributed by atoms with Crippen LogP contribution in [0.5, 0.6) is 0 Å². The Labute approximate surface area is 188 Å². The van der Waals surface area contributed by atoms with E-state index in [1.807, 2.05) is 29.7 Å². The molecule has 0 aromatic carbocycles. The molecule has 2 aliphatic rings. The second-order valence-electron chi connectivity index (χ2n) is 9.43. The van der Waals surface area contributed by atoms with E-state index in [1.165, 1.54) is 22.2 Å². The second kappa shape index (κ2) is 8.45. The SMILES string of the molecule is C[C@@H]1CCc2c(sc3nc(-c4cccnc4)nc(NCC(C)(C)N4CCOCC4)c23)C1. The Bertz CT molecular complexity index is 1060.